The van der Waals surface area contributed by atoms with E-state index in [4.69, 9.17) is 4.52 Å². The molecular formula is C15H23IN6OS. The second-order valence-electron chi connectivity index (χ2n) is 5.52. The van der Waals surface area contributed by atoms with Crippen LogP contribution in [0.2, 0.25) is 0 Å². The molecule has 0 aromatic carbocycles. The van der Waals surface area contributed by atoms with Crippen LogP contribution in [0.15, 0.2) is 27.0 Å². The van der Waals surface area contributed by atoms with Crippen molar-refractivity contribution >= 4 is 46.3 Å². The molecule has 0 amide bonds. The summed E-state index contributed by atoms with van der Waals surface area (Å²) in [6, 6.07) is 4.72. The Kier molecular flexibility index (Phi) is 7.28. The highest BCUT2D eigenvalue weighted by molar-refractivity contribution is 14.0. The van der Waals surface area contributed by atoms with Crippen LogP contribution < -0.4 is 15.5 Å². The number of guanidine groups is 1. The van der Waals surface area contributed by atoms with E-state index in [1.807, 2.05) is 0 Å². The van der Waals surface area contributed by atoms with Crippen molar-refractivity contribution in [2.45, 2.75) is 32.4 Å². The molecule has 0 radical (unpaired) electrons. The minimum atomic E-state index is 0. The maximum atomic E-state index is 5.09. The Balaban J connectivity index is 0.00000208. The molecule has 0 unspecified atom stereocenters. The van der Waals surface area contributed by atoms with Gasteiger partial charge in [0.25, 0.3) is 0 Å². The van der Waals surface area contributed by atoms with Gasteiger partial charge in [0.15, 0.2) is 11.8 Å². The fourth-order valence-corrected chi connectivity index (χ4v) is 3.44. The van der Waals surface area contributed by atoms with Gasteiger partial charge in [-0.05, 0) is 37.3 Å². The number of piperidine rings is 1. The maximum absolute atomic E-state index is 5.09. The van der Waals surface area contributed by atoms with Crippen LogP contribution in [0.4, 0.5) is 5.00 Å². The summed E-state index contributed by atoms with van der Waals surface area (Å²) in [6.07, 6.45) is 2.19. The second-order valence-corrected chi connectivity index (χ2v) is 6.44. The van der Waals surface area contributed by atoms with Crippen molar-refractivity contribution in [2.24, 2.45) is 4.99 Å². The van der Waals surface area contributed by atoms with E-state index in [2.05, 4.69) is 48.2 Å². The first-order valence-electron chi connectivity index (χ1n) is 7.79. The Morgan fingerprint density at radius 2 is 2.25 bits per heavy atom. The minimum Gasteiger partial charge on any atom is -0.363 e. The summed E-state index contributed by atoms with van der Waals surface area (Å²) in [5.41, 5.74) is 0. The third kappa shape index (κ3) is 5.07. The smallest absolute Gasteiger partial charge is 0.246 e. The first kappa shape index (κ1) is 19.0. The molecule has 1 aliphatic heterocycles. The number of aryl methyl sites for hydroxylation is 1. The van der Waals surface area contributed by atoms with Crippen LogP contribution in [0, 0.1) is 6.92 Å². The van der Waals surface area contributed by atoms with Crippen LogP contribution in [0.5, 0.6) is 0 Å². The molecule has 132 valence electrons. The first-order chi connectivity index (χ1) is 11.2. The van der Waals surface area contributed by atoms with Crippen LogP contribution >= 0.6 is 35.3 Å². The molecule has 0 bridgehead atoms. The molecule has 1 fully saturated rings. The molecule has 1 aliphatic rings. The number of thiophene rings is 1. The van der Waals surface area contributed by atoms with Crippen LogP contribution in [-0.2, 0) is 6.54 Å². The molecule has 2 N–H and O–H groups in total. The Bertz CT molecular complexity index is 636. The molecule has 0 saturated carbocycles. The van der Waals surface area contributed by atoms with Crippen LogP contribution in [0.1, 0.15) is 24.6 Å². The third-order valence-corrected chi connectivity index (χ3v) is 4.78. The summed E-state index contributed by atoms with van der Waals surface area (Å²) in [5.74, 6) is 1.99. The van der Waals surface area contributed by atoms with Gasteiger partial charge in [0.05, 0.1) is 11.5 Å². The van der Waals surface area contributed by atoms with Crippen molar-refractivity contribution in [3.05, 3.63) is 29.2 Å². The zero-order valence-corrected chi connectivity index (χ0v) is 17.0. The number of halogens is 1. The van der Waals surface area contributed by atoms with Crippen molar-refractivity contribution in [1.29, 1.82) is 0 Å². The molecule has 3 rings (SSSR count). The predicted molar refractivity (Wildman–Crippen MR) is 107 cm³/mol. The van der Waals surface area contributed by atoms with Crippen molar-refractivity contribution in [3.8, 4) is 0 Å². The van der Waals surface area contributed by atoms with E-state index in [-0.39, 0.29) is 24.0 Å². The molecule has 3 heterocycles. The number of aliphatic imine (C=N–C) groups is 1. The van der Waals surface area contributed by atoms with Gasteiger partial charge in [0.1, 0.15) is 0 Å². The summed E-state index contributed by atoms with van der Waals surface area (Å²) in [6.45, 7) is 4.42. The fraction of sp³-hybridized carbons (Fsp3) is 0.533. The Morgan fingerprint density at radius 3 is 2.83 bits per heavy atom. The minimum absolute atomic E-state index is 0. The van der Waals surface area contributed by atoms with Crippen molar-refractivity contribution in [3.63, 3.8) is 0 Å². The van der Waals surface area contributed by atoms with E-state index >= 15 is 0 Å². The lowest BCUT2D eigenvalue weighted by atomic mass is 10.1. The zero-order chi connectivity index (χ0) is 16.1. The molecule has 2 aromatic heterocycles. The van der Waals surface area contributed by atoms with Gasteiger partial charge >= 0.3 is 0 Å². The SMILES string of the molecule is CN=C(NCc1nc(C)no1)NC1CCN(c2cccs2)CC1.I. The predicted octanol–water partition coefficient (Wildman–Crippen LogP) is 2.39. The lowest BCUT2D eigenvalue weighted by molar-refractivity contribution is 0.370. The summed E-state index contributed by atoms with van der Waals surface area (Å²) in [4.78, 5) is 10.9. The van der Waals surface area contributed by atoms with E-state index in [1.165, 1.54) is 5.00 Å². The largest absolute Gasteiger partial charge is 0.363 e. The lowest BCUT2D eigenvalue weighted by Crippen LogP contribution is -2.48. The summed E-state index contributed by atoms with van der Waals surface area (Å²) >= 11 is 1.80. The number of anilines is 1. The monoisotopic (exact) mass is 462 g/mol. The molecule has 7 nitrogen and oxygen atoms in total. The van der Waals surface area contributed by atoms with Crippen LogP contribution in [0.3, 0.4) is 0 Å². The Labute approximate surface area is 162 Å². The van der Waals surface area contributed by atoms with E-state index < -0.39 is 0 Å². The van der Waals surface area contributed by atoms with E-state index in [1.54, 1.807) is 25.3 Å². The molecule has 2 aromatic rings. The van der Waals surface area contributed by atoms with E-state index in [0.717, 1.165) is 31.9 Å². The first-order valence-corrected chi connectivity index (χ1v) is 8.67. The Hall–Kier alpha value is -1.36. The second kappa shape index (κ2) is 9.21. The molecular weight excluding hydrogens is 439 g/mol. The summed E-state index contributed by atoms with van der Waals surface area (Å²) in [5, 5.41) is 14.0. The molecule has 0 aliphatic carbocycles. The summed E-state index contributed by atoms with van der Waals surface area (Å²) < 4.78 is 5.09. The fourth-order valence-electron chi connectivity index (χ4n) is 2.65. The quantitative estimate of drug-likeness (QED) is 0.413. The van der Waals surface area contributed by atoms with Gasteiger partial charge in [0, 0.05) is 26.2 Å². The summed E-state index contributed by atoms with van der Waals surface area (Å²) in [7, 11) is 1.77. The number of hydrogen-bond donors (Lipinski definition) is 2. The molecule has 0 atom stereocenters. The van der Waals surface area contributed by atoms with E-state index in [0.29, 0.717) is 24.3 Å². The standard InChI is InChI=1S/C15H22N6OS.HI/c1-11-18-13(22-20-11)10-17-15(16-2)19-12-5-7-21(8-6-12)14-4-3-9-23-14;/h3-4,9,12H,5-8,10H2,1-2H3,(H2,16,17,19);1H. The molecule has 1 saturated heterocycles. The number of hydrogen-bond acceptors (Lipinski definition) is 6. The van der Waals surface area contributed by atoms with Gasteiger partial charge in [-0.15, -0.1) is 35.3 Å². The number of rotatable bonds is 4. The normalized spacial score (nSPS) is 15.9. The van der Waals surface area contributed by atoms with Gasteiger partial charge in [-0.3, -0.25) is 4.99 Å². The lowest BCUT2D eigenvalue weighted by Gasteiger charge is -2.33. The third-order valence-electron chi connectivity index (χ3n) is 3.85. The van der Waals surface area contributed by atoms with Gasteiger partial charge < -0.3 is 20.1 Å². The molecule has 24 heavy (non-hydrogen) atoms. The van der Waals surface area contributed by atoms with Crippen molar-refractivity contribution < 1.29 is 4.52 Å². The highest BCUT2D eigenvalue weighted by Crippen LogP contribution is 2.24. The van der Waals surface area contributed by atoms with Gasteiger partial charge in [0.2, 0.25) is 5.89 Å². The van der Waals surface area contributed by atoms with Crippen LogP contribution in [0.25, 0.3) is 0 Å². The zero-order valence-electron chi connectivity index (χ0n) is 13.9. The highest BCUT2D eigenvalue weighted by atomic mass is 127. The number of nitrogens with one attached hydrogen (secondary N) is 2. The average Bonchev–Trinajstić information content (AvgIpc) is 3.24. The molecule has 9 heteroatoms. The molecule has 0 spiro atoms. The number of nitrogens with zero attached hydrogens (tertiary/aromatic N) is 4. The van der Waals surface area contributed by atoms with Gasteiger partial charge in [-0.1, -0.05) is 5.16 Å². The van der Waals surface area contributed by atoms with Crippen molar-refractivity contribution in [2.75, 3.05) is 25.0 Å². The van der Waals surface area contributed by atoms with Gasteiger partial charge in [-0.25, -0.2) is 0 Å². The van der Waals surface area contributed by atoms with Crippen molar-refractivity contribution in [1.82, 2.24) is 20.8 Å². The highest BCUT2D eigenvalue weighted by Gasteiger charge is 2.20. The van der Waals surface area contributed by atoms with Gasteiger partial charge in [-0.2, -0.15) is 4.98 Å². The van der Waals surface area contributed by atoms with E-state index in [9.17, 15) is 0 Å². The Morgan fingerprint density at radius 1 is 1.46 bits per heavy atom. The van der Waals surface area contributed by atoms with Crippen LogP contribution in [-0.4, -0.2) is 42.3 Å². The number of aromatic nitrogens is 2. The topological polar surface area (TPSA) is 78.6 Å². The average molecular weight is 462 g/mol. The maximum Gasteiger partial charge on any atom is 0.246 e.